The Morgan fingerprint density at radius 3 is 3.00 bits per heavy atom. The number of nitrogens with one attached hydrogen (secondary N) is 1. The molecule has 1 atom stereocenters. The van der Waals surface area contributed by atoms with Crippen molar-refractivity contribution in [3.63, 3.8) is 0 Å². The highest BCUT2D eigenvalue weighted by Gasteiger charge is 2.18. The molecule has 0 aliphatic carbocycles. The molecule has 0 aromatic carbocycles. The third-order valence-corrected chi connectivity index (χ3v) is 3.16. The topological polar surface area (TPSA) is 15.3 Å². The normalized spacial score (nSPS) is 22.2. The molecule has 0 aromatic heterocycles. The third-order valence-electron chi connectivity index (χ3n) is 3.16. The summed E-state index contributed by atoms with van der Waals surface area (Å²) < 4.78 is 0. The van der Waals surface area contributed by atoms with E-state index < -0.39 is 0 Å². The Morgan fingerprint density at radius 2 is 2.31 bits per heavy atom. The summed E-state index contributed by atoms with van der Waals surface area (Å²) in [6.45, 7) is 10.4. The average molecular weight is 222 g/mol. The summed E-state index contributed by atoms with van der Waals surface area (Å²) >= 11 is 0. The number of hydrogen-bond acceptors (Lipinski definition) is 2. The minimum Gasteiger partial charge on any atom is -0.316 e. The van der Waals surface area contributed by atoms with Crippen molar-refractivity contribution in [3.05, 3.63) is 0 Å². The van der Waals surface area contributed by atoms with Gasteiger partial charge in [0.05, 0.1) is 0 Å². The van der Waals surface area contributed by atoms with Gasteiger partial charge in [-0.15, -0.1) is 12.3 Å². The number of hydrogen-bond donors (Lipinski definition) is 1. The van der Waals surface area contributed by atoms with Crippen LogP contribution in [0.5, 0.6) is 0 Å². The number of terminal acetylenes is 1. The molecule has 0 radical (unpaired) electrons. The van der Waals surface area contributed by atoms with E-state index in [0.29, 0.717) is 0 Å². The molecule has 0 amide bonds. The van der Waals surface area contributed by atoms with Crippen LogP contribution < -0.4 is 5.32 Å². The first-order valence-electron chi connectivity index (χ1n) is 6.59. The zero-order chi connectivity index (χ0) is 11.8. The van der Waals surface area contributed by atoms with Crippen LogP contribution in [-0.2, 0) is 0 Å². The number of piperidine rings is 1. The van der Waals surface area contributed by atoms with E-state index in [9.17, 15) is 0 Å². The molecule has 92 valence electrons. The number of likely N-dealkylation sites (tertiary alicyclic amines) is 1. The standard InChI is InChI=1S/C14H26N2/c1-4-5-8-16-9-6-7-14(12-16)11-15-10-13(2)3/h1,13-15H,5-12H2,2-3H3. The highest BCUT2D eigenvalue weighted by Crippen LogP contribution is 2.15. The molecule has 0 saturated carbocycles. The summed E-state index contributed by atoms with van der Waals surface area (Å²) in [5, 5.41) is 3.56. The Balaban J connectivity index is 2.15. The summed E-state index contributed by atoms with van der Waals surface area (Å²) in [5.41, 5.74) is 0. The van der Waals surface area contributed by atoms with Crippen LogP contribution in [0.3, 0.4) is 0 Å². The van der Waals surface area contributed by atoms with Crippen molar-refractivity contribution in [1.82, 2.24) is 10.2 Å². The Kier molecular flexibility index (Phi) is 6.52. The van der Waals surface area contributed by atoms with Gasteiger partial charge in [0.2, 0.25) is 0 Å². The maximum Gasteiger partial charge on any atom is 0.0214 e. The largest absolute Gasteiger partial charge is 0.316 e. The first kappa shape index (κ1) is 13.5. The van der Waals surface area contributed by atoms with E-state index in [1.54, 1.807) is 0 Å². The van der Waals surface area contributed by atoms with E-state index >= 15 is 0 Å². The van der Waals surface area contributed by atoms with Gasteiger partial charge in [0.1, 0.15) is 0 Å². The monoisotopic (exact) mass is 222 g/mol. The lowest BCUT2D eigenvalue weighted by atomic mass is 9.97. The molecule has 1 aliphatic heterocycles. The molecule has 2 nitrogen and oxygen atoms in total. The van der Waals surface area contributed by atoms with Crippen LogP contribution in [0.25, 0.3) is 0 Å². The van der Waals surface area contributed by atoms with Gasteiger partial charge in [-0.3, -0.25) is 0 Å². The van der Waals surface area contributed by atoms with E-state index in [-0.39, 0.29) is 0 Å². The predicted octanol–water partition coefficient (Wildman–Crippen LogP) is 1.97. The summed E-state index contributed by atoms with van der Waals surface area (Å²) in [7, 11) is 0. The van der Waals surface area contributed by atoms with E-state index in [1.165, 1.54) is 32.5 Å². The van der Waals surface area contributed by atoms with Crippen LogP contribution in [0.2, 0.25) is 0 Å². The molecule has 1 N–H and O–H groups in total. The molecule has 0 spiro atoms. The fourth-order valence-corrected chi connectivity index (χ4v) is 2.32. The van der Waals surface area contributed by atoms with Crippen LogP contribution >= 0.6 is 0 Å². The molecule has 1 heterocycles. The quantitative estimate of drug-likeness (QED) is 0.691. The van der Waals surface area contributed by atoms with Crippen molar-refractivity contribution in [1.29, 1.82) is 0 Å². The minimum atomic E-state index is 0.751. The second-order valence-electron chi connectivity index (χ2n) is 5.32. The average Bonchev–Trinajstić information content (AvgIpc) is 2.26. The van der Waals surface area contributed by atoms with Crippen molar-refractivity contribution in [2.75, 3.05) is 32.7 Å². The maximum atomic E-state index is 5.30. The summed E-state index contributed by atoms with van der Waals surface area (Å²) in [4.78, 5) is 2.52. The lowest BCUT2D eigenvalue weighted by Crippen LogP contribution is -2.40. The van der Waals surface area contributed by atoms with Crippen molar-refractivity contribution in [2.24, 2.45) is 11.8 Å². The van der Waals surface area contributed by atoms with Gasteiger partial charge in [-0.1, -0.05) is 13.8 Å². The van der Waals surface area contributed by atoms with Crippen LogP contribution in [0, 0.1) is 24.2 Å². The molecule has 16 heavy (non-hydrogen) atoms. The Labute approximate surface area is 101 Å². The fraction of sp³-hybridized carbons (Fsp3) is 0.857. The fourth-order valence-electron chi connectivity index (χ4n) is 2.32. The van der Waals surface area contributed by atoms with Gasteiger partial charge in [-0.2, -0.15) is 0 Å². The van der Waals surface area contributed by atoms with Crippen molar-refractivity contribution < 1.29 is 0 Å². The molecule has 1 saturated heterocycles. The van der Waals surface area contributed by atoms with E-state index in [1.807, 2.05) is 0 Å². The predicted molar refractivity (Wildman–Crippen MR) is 70.3 cm³/mol. The minimum absolute atomic E-state index is 0.751. The Hall–Kier alpha value is -0.520. The van der Waals surface area contributed by atoms with Gasteiger partial charge in [0, 0.05) is 19.5 Å². The SMILES string of the molecule is C#CCCN1CCCC(CNCC(C)C)C1. The number of nitrogens with zero attached hydrogens (tertiary/aromatic N) is 1. The first-order chi connectivity index (χ1) is 7.72. The molecular formula is C14H26N2. The van der Waals surface area contributed by atoms with E-state index in [4.69, 9.17) is 6.42 Å². The molecule has 1 fully saturated rings. The molecule has 1 unspecified atom stereocenters. The van der Waals surface area contributed by atoms with Gasteiger partial charge in [0.25, 0.3) is 0 Å². The van der Waals surface area contributed by atoms with Crippen molar-refractivity contribution >= 4 is 0 Å². The molecule has 0 bridgehead atoms. The third kappa shape index (κ3) is 5.53. The lowest BCUT2D eigenvalue weighted by molar-refractivity contribution is 0.175. The second kappa shape index (κ2) is 7.70. The first-order valence-corrected chi connectivity index (χ1v) is 6.59. The van der Waals surface area contributed by atoms with Crippen molar-refractivity contribution in [2.45, 2.75) is 33.1 Å². The zero-order valence-electron chi connectivity index (χ0n) is 10.8. The molecule has 0 aromatic rings. The smallest absolute Gasteiger partial charge is 0.0214 e. The van der Waals surface area contributed by atoms with Gasteiger partial charge in [-0.05, 0) is 44.3 Å². The van der Waals surface area contributed by atoms with Gasteiger partial charge in [-0.25, -0.2) is 0 Å². The van der Waals surface area contributed by atoms with E-state index in [0.717, 1.165) is 31.3 Å². The Morgan fingerprint density at radius 1 is 1.50 bits per heavy atom. The highest BCUT2D eigenvalue weighted by atomic mass is 15.1. The molecular weight excluding hydrogens is 196 g/mol. The molecule has 1 aliphatic rings. The molecule has 1 rings (SSSR count). The van der Waals surface area contributed by atoms with E-state index in [2.05, 4.69) is 30.0 Å². The summed E-state index contributed by atoms with van der Waals surface area (Å²) in [6.07, 6.45) is 8.90. The van der Waals surface area contributed by atoms with Gasteiger partial charge >= 0.3 is 0 Å². The lowest BCUT2D eigenvalue weighted by Gasteiger charge is -2.32. The Bertz CT molecular complexity index is 217. The van der Waals surface area contributed by atoms with Crippen LogP contribution in [0.1, 0.15) is 33.1 Å². The van der Waals surface area contributed by atoms with Gasteiger partial charge in [0.15, 0.2) is 0 Å². The highest BCUT2D eigenvalue weighted by molar-refractivity contribution is 4.86. The maximum absolute atomic E-state index is 5.30. The zero-order valence-corrected chi connectivity index (χ0v) is 10.8. The van der Waals surface area contributed by atoms with Crippen LogP contribution in [0.15, 0.2) is 0 Å². The van der Waals surface area contributed by atoms with Crippen LogP contribution in [-0.4, -0.2) is 37.6 Å². The molecule has 2 heteroatoms. The van der Waals surface area contributed by atoms with Gasteiger partial charge < -0.3 is 10.2 Å². The summed E-state index contributed by atoms with van der Waals surface area (Å²) in [6, 6.07) is 0. The summed E-state index contributed by atoms with van der Waals surface area (Å²) in [5.74, 6) is 4.31. The van der Waals surface area contributed by atoms with Crippen molar-refractivity contribution in [3.8, 4) is 12.3 Å². The number of rotatable bonds is 6. The van der Waals surface area contributed by atoms with Crippen LogP contribution in [0.4, 0.5) is 0 Å². The second-order valence-corrected chi connectivity index (χ2v) is 5.32.